The zero-order valence-corrected chi connectivity index (χ0v) is 11.0. The van der Waals surface area contributed by atoms with E-state index in [2.05, 4.69) is 16.6 Å². The number of carboxylic acid groups (broad SMARTS) is 1. The van der Waals surface area contributed by atoms with E-state index in [1.165, 1.54) is 0 Å². The zero-order chi connectivity index (χ0) is 14.0. The monoisotopic (exact) mass is 254 g/mol. The van der Waals surface area contributed by atoms with Gasteiger partial charge in [0.1, 0.15) is 0 Å². The first-order chi connectivity index (χ1) is 8.47. The van der Waals surface area contributed by atoms with Crippen LogP contribution in [0.1, 0.15) is 39.5 Å². The summed E-state index contributed by atoms with van der Waals surface area (Å²) in [5, 5.41) is 14.1. The first kappa shape index (κ1) is 16.3. The van der Waals surface area contributed by atoms with Crippen molar-refractivity contribution in [3.05, 3.63) is 0 Å². The number of aliphatic carboxylic acids is 1. The summed E-state index contributed by atoms with van der Waals surface area (Å²) in [4.78, 5) is 22.2. The van der Waals surface area contributed by atoms with Gasteiger partial charge in [-0.25, -0.2) is 4.79 Å². The van der Waals surface area contributed by atoms with Crippen molar-refractivity contribution in [3.8, 4) is 12.3 Å². The van der Waals surface area contributed by atoms with Crippen LogP contribution in [-0.4, -0.2) is 29.7 Å². The third-order valence-electron chi connectivity index (χ3n) is 2.55. The van der Waals surface area contributed by atoms with E-state index in [0.717, 1.165) is 12.8 Å². The van der Waals surface area contributed by atoms with Gasteiger partial charge in [-0.15, -0.1) is 12.3 Å². The van der Waals surface area contributed by atoms with E-state index < -0.39 is 5.97 Å². The number of amides is 2. The Morgan fingerprint density at radius 1 is 1.33 bits per heavy atom. The molecule has 0 aromatic carbocycles. The van der Waals surface area contributed by atoms with Gasteiger partial charge in [-0.05, 0) is 18.8 Å². The molecule has 0 saturated heterocycles. The molecular formula is C13H22N2O3. The maximum atomic E-state index is 11.5. The number of terminal acetylenes is 1. The van der Waals surface area contributed by atoms with Crippen molar-refractivity contribution in [1.82, 2.24) is 10.6 Å². The molecule has 0 aliphatic heterocycles. The molecule has 5 nitrogen and oxygen atoms in total. The van der Waals surface area contributed by atoms with Crippen molar-refractivity contribution in [2.45, 2.75) is 45.6 Å². The molecule has 0 radical (unpaired) electrons. The molecule has 0 spiro atoms. The molecule has 0 heterocycles. The highest BCUT2D eigenvalue weighted by Crippen LogP contribution is 2.05. The SMILES string of the molecule is C#CCCCCNC(=O)NC(CC(=O)O)C(C)C. The summed E-state index contributed by atoms with van der Waals surface area (Å²) in [6.45, 7) is 4.30. The van der Waals surface area contributed by atoms with Crippen molar-refractivity contribution in [3.63, 3.8) is 0 Å². The van der Waals surface area contributed by atoms with Gasteiger partial charge in [0.25, 0.3) is 0 Å². The molecule has 1 unspecified atom stereocenters. The highest BCUT2D eigenvalue weighted by molar-refractivity contribution is 5.75. The number of rotatable bonds is 8. The number of hydrogen-bond acceptors (Lipinski definition) is 2. The molecular weight excluding hydrogens is 232 g/mol. The van der Waals surface area contributed by atoms with Gasteiger partial charge in [0.2, 0.25) is 0 Å². The van der Waals surface area contributed by atoms with E-state index >= 15 is 0 Å². The van der Waals surface area contributed by atoms with Gasteiger partial charge in [-0.2, -0.15) is 0 Å². The highest BCUT2D eigenvalue weighted by atomic mass is 16.4. The van der Waals surface area contributed by atoms with Crippen LogP contribution in [0.3, 0.4) is 0 Å². The highest BCUT2D eigenvalue weighted by Gasteiger charge is 2.18. The van der Waals surface area contributed by atoms with E-state index in [0.29, 0.717) is 13.0 Å². The third-order valence-corrected chi connectivity index (χ3v) is 2.55. The van der Waals surface area contributed by atoms with Crippen LogP contribution >= 0.6 is 0 Å². The number of nitrogens with one attached hydrogen (secondary N) is 2. The maximum absolute atomic E-state index is 11.5. The lowest BCUT2D eigenvalue weighted by Gasteiger charge is -2.20. The Morgan fingerprint density at radius 2 is 2.00 bits per heavy atom. The Balaban J connectivity index is 3.89. The number of carbonyl (C=O) groups excluding carboxylic acids is 1. The largest absolute Gasteiger partial charge is 0.481 e. The number of carbonyl (C=O) groups is 2. The van der Waals surface area contributed by atoms with E-state index in [9.17, 15) is 9.59 Å². The fourth-order valence-corrected chi connectivity index (χ4v) is 1.41. The molecule has 5 heteroatoms. The van der Waals surface area contributed by atoms with Crippen LogP contribution in [0.5, 0.6) is 0 Å². The van der Waals surface area contributed by atoms with Gasteiger partial charge < -0.3 is 15.7 Å². The van der Waals surface area contributed by atoms with Gasteiger partial charge in [-0.3, -0.25) is 4.79 Å². The lowest BCUT2D eigenvalue weighted by molar-refractivity contribution is -0.137. The van der Waals surface area contributed by atoms with Gasteiger partial charge >= 0.3 is 12.0 Å². The smallest absolute Gasteiger partial charge is 0.315 e. The lowest BCUT2D eigenvalue weighted by atomic mass is 10.0. The predicted octanol–water partition coefficient (Wildman–Crippen LogP) is 1.59. The van der Waals surface area contributed by atoms with Crippen molar-refractivity contribution >= 4 is 12.0 Å². The minimum atomic E-state index is -0.914. The maximum Gasteiger partial charge on any atom is 0.315 e. The second kappa shape index (κ2) is 9.34. The van der Waals surface area contributed by atoms with Crippen LogP contribution < -0.4 is 10.6 Å². The average Bonchev–Trinajstić information content (AvgIpc) is 2.27. The Hall–Kier alpha value is -1.70. The average molecular weight is 254 g/mol. The minimum absolute atomic E-state index is 0.0673. The number of hydrogen-bond donors (Lipinski definition) is 3. The van der Waals surface area contributed by atoms with E-state index in [1.807, 2.05) is 13.8 Å². The molecule has 0 aliphatic rings. The summed E-state index contributed by atoms with van der Waals surface area (Å²) >= 11 is 0. The molecule has 0 aliphatic carbocycles. The molecule has 2 amide bonds. The molecule has 0 bridgehead atoms. The van der Waals surface area contributed by atoms with E-state index in [1.54, 1.807) is 0 Å². The number of carboxylic acids is 1. The quantitative estimate of drug-likeness (QED) is 0.454. The van der Waals surface area contributed by atoms with Crippen LogP contribution in [0, 0.1) is 18.3 Å². The summed E-state index contributed by atoms with van der Waals surface area (Å²) in [5.74, 6) is 1.69. The summed E-state index contributed by atoms with van der Waals surface area (Å²) in [6.07, 6.45) is 7.45. The predicted molar refractivity (Wildman–Crippen MR) is 70.1 cm³/mol. The molecule has 3 N–H and O–H groups in total. The second-order valence-electron chi connectivity index (χ2n) is 4.51. The molecule has 18 heavy (non-hydrogen) atoms. The molecule has 0 aromatic heterocycles. The topological polar surface area (TPSA) is 78.4 Å². The molecule has 0 aromatic rings. The normalized spacial score (nSPS) is 11.7. The Bertz CT molecular complexity index is 308. The van der Waals surface area contributed by atoms with Gasteiger partial charge in [0.15, 0.2) is 0 Å². The summed E-state index contributed by atoms with van der Waals surface area (Å²) < 4.78 is 0. The standard InChI is InChI=1S/C13H22N2O3/c1-4-5-6-7-8-14-13(18)15-11(10(2)3)9-12(16)17/h1,10-11H,5-9H2,2-3H3,(H,16,17)(H2,14,15,18). The van der Waals surface area contributed by atoms with E-state index in [-0.39, 0.29) is 24.4 Å². The Kier molecular flexibility index (Phi) is 8.46. The fourth-order valence-electron chi connectivity index (χ4n) is 1.41. The fraction of sp³-hybridized carbons (Fsp3) is 0.692. The first-order valence-corrected chi connectivity index (χ1v) is 6.17. The number of urea groups is 1. The molecule has 0 saturated carbocycles. The van der Waals surface area contributed by atoms with Gasteiger partial charge in [-0.1, -0.05) is 13.8 Å². The summed E-state index contributed by atoms with van der Waals surface area (Å²) in [7, 11) is 0. The second-order valence-corrected chi connectivity index (χ2v) is 4.51. The molecule has 0 rings (SSSR count). The van der Waals surface area contributed by atoms with Crippen LogP contribution in [0.4, 0.5) is 4.79 Å². The minimum Gasteiger partial charge on any atom is -0.481 e. The van der Waals surface area contributed by atoms with Crippen LogP contribution in [0.2, 0.25) is 0 Å². The van der Waals surface area contributed by atoms with Crippen molar-refractivity contribution in [2.75, 3.05) is 6.54 Å². The van der Waals surface area contributed by atoms with E-state index in [4.69, 9.17) is 11.5 Å². The summed E-state index contributed by atoms with van der Waals surface area (Å²) in [5.41, 5.74) is 0. The first-order valence-electron chi connectivity index (χ1n) is 6.17. The lowest BCUT2D eigenvalue weighted by Crippen LogP contribution is -2.45. The van der Waals surface area contributed by atoms with Crippen molar-refractivity contribution < 1.29 is 14.7 Å². The van der Waals surface area contributed by atoms with Crippen molar-refractivity contribution in [1.29, 1.82) is 0 Å². The Labute approximate surface area is 108 Å². The number of unbranched alkanes of at least 4 members (excludes halogenated alkanes) is 2. The van der Waals surface area contributed by atoms with Crippen molar-refractivity contribution in [2.24, 2.45) is 5.92 Å². The van der Waals surface area contributed by atoms with Crippen LogP contribution in [-0.2, 0) is 4.79 Å². The Morgan fingerprint density at radius 3 is 2.50 bits per heavy atom. The summed E-state index contributed by atoms with van der Waals surface area (Å²) in [6, 6.07) is -0.677. The van der Waals surface area contributed by atoms with Crippen LogP contribution in [0.15, 0.2) is 0 Å². The third kappa shape index (κ3) is 8.45. The molecule has 1 atom stereocenters. The zero-order valence-electron chi connectivity index (χ0n) is 11.0. The molecule has 102 valence electrons. The van der Waals surface area contributed by atoms with Crippen LogP contribution in [0.25, 0.3) is 0 Å². The van der Waals surface area contributed by atoms with Gasteiger partial charge in [0.05, 0.1) is 6.42 Å². The molecule has 0 fully saturated rings. The van der Waals surface area contributed by atoms with Gasteiger partial charge in [0, 0.05) is 19.0 Å².